The van der Waals surface area contributed by atoms with Gasteiger partial charge in [0.05, 0.1) is 6.10 Å². The van der Waals surface area contributed by atoms with Crippen molar-refractivity contribution in [3.63, 3.8) is 0 Å². The molecule has 1 aromatic carbocycles. The van der Waals surface area contributed by atoms with E-state index in [-0.39, 0.29) is 12.0 Å². The van der Waals surface area contributed by atoms with Crippen LogP contribution >= 0.6 is 0 Å². The van der Waals surface area contributed by atoms with E-state index in [0.29, 0.717) is 12.5 Å². The van der Waals surface area contributed by atoms with E-state index in [1.54, 1.807) is 0 Å². The zero-order valence-corrected chi connectivity index (χ0v) is 14.0. The first kappa shape index (κ1) is 16.8. The molecule has 0 saturated heterocycles. The lowest BCUT2D eigenvalue weighted by molar-refractivity contribution is -0.142. The fourth-order valence-electron chi connectivity index (χ4n) is 2.46. The quantitative estimate of drug-likeness (QED) is 0.789. The van der Waals surface area contributed by atoms with Crippen LogP contribution in [-0.4, -0.2) is 24.2 Å². The summed E-state index contributed by atoms with van der Waals surface area (Å²) in [6.07, 6.45) is 3.18. The van der Waals surface area contributed by atoms with E-state index in [1.807, 2.05) is 45.0 Å². The van der Waals surface area contributed by atoms with Crippen LogP contribution in [0.15, 0.2) is 24.3 Å². The predicted molar refractivity (Wildman–Crippen MR) is 88.2 cm³/mol. The number of carbonyl (C=O) groups is 1. The predicted octanol–water partition coefficient (Wildman–Crippen LogP) is 4.01. The van der Waals surface area contributed by atoms with Crippen LogP contribution in [0.4, 0.5) is 5.69 Å². The van der Waals surface area contributed by atoms with E-state index in [4.69, 9.17) is 9.47 Å². The Morgan fingerprint density at radius 3 is 2.45 bits per heavy atom. The summed E-state index contributed by atoms with van der Waals surface area (Å²) in [7, 11) is 0. The highest BCUT2D eigenvalue weighted by Gasteiger charge is 2.48. The van der Waals surface area contributed by atoms with Gasteiger partial charge in [-0.3, -0.25) is 4.79 Å². The second-order valence-corrected chi connectivity index (χ2v) is 6.37. The molecule has 0 heterocycles. The van der Waals surface area contributed by atoms with Crippen LogP contribution in [-0.2, 0) is 9.53 Å². The average molecular weight is 305 g/mol. The molecule has 0 aromatic heterocycles. The van der Waals surface area contributed by atoms with E-state index < -0.39 is 5.60 Å². The van der Waals surface area contributed by atoms with Gasteiger partial charge in [-0.25, -0.2) is 0 Å². The summed E-state index contributed by atoms with van der Waals surface area (Å²) in [4.78, 5) is 12.6. The molecule has 1 aliphatic rings. The summed E-state index contributed by atoms with van der Waals surface area (Å²) in [5, 5.41) is 2.97. The lowest BCUT2D eigenvalue weighted by atomic mass is 9.98. The minimum atomic E-state index is -0.719. The van der Waals surface area contributed by atoms with Gasteiger partial charge >= 0.3 is 0 Å². The van der Waals surface area contributed by atoms with Crippen molar-refractivity contribution in [2.75, 3.05) is 11.9 Å². The highest BCUT2D eigenvalue weighted by Crippen LogP contribution is 2.42. The monoisotopic (exact) mass is 305 g/mol. The number of nitrogens with one attached hydrogen (secondary N) is 1. The SMILES string of the molecule is CCCO[C@@](C)(C(=O)Nc1ccc(OC(C)C)cc1)C1CC1. The Morgan fingerprint density at radius 2 is 1.95 bits per heavy atom. The van der Waals surface area contributed by atoms with E-state index in [2.05, 4.69) is 12.2 Å². The first-order valence-electron chi connectivity index (χ1n) is 8.18. The molecule has 1 atom stereocenters. The minimum Gasteiger partial charge on any atom is -0.491 e. The maximum atomic E-state index is 12.6. The summed E-state index contributed by atoms with van der Waals surface area (Å²) >= 11 is 0. The van der Waals surface area contributed by atoms with Crippen LogP contribution in [0.3, 0.4) is 0 Å². The summed E-state index contributed by atoms with van der Waals surface area (Å²) in [6.45, 7) is 8.55. The molecule has 4 nitrogen and oxygen atoms in total. The Balaban J connectivity index is 2.00. The molecular weight excluding hydrogens is 278 g/mol. The van der Waals surface area contributed by atoms with E-state index in [0.717, 1.165) is 30.7 Å². The zero-order valence-electron chi connectivity index (χ0n) is 14.0. The van der Waals surface area contributed by atoms with Gasteiger partial charge in [-0.2, -0.15) is 0 Å². The highest BCUT2D eigenvalue weighted by molar-refractivity contribution is 5.97. The zero-order chi connectivity index (χ0) is 16.2. The van der Waals surface area contributed by atoms with E-state index in [1.165, 1.54) is 0 Å². The Hall–Kier alpha value is -1.55. The maximum absolute atomic E-state index is 12.6. The Kier molecular flexibility index (Phi) is 5.46. The molecule has 1 aromatic rings. The molecule has 4 heteroatoms. The first-order valence-corrected chi connectivity index (χ1v) is 8.18. The summed E-state index contributed by atoms with van der Waals surface area (Å²) in [5.74, 6) is 1.09. The largest absolute Gasteiger partial charge is 0.491 e. The third-order valence-electron chi connectivity index (χ3n) is 3.90. The molecule has 1 N–H and O–H groups in total. The van der Waals surface area contributed by atoms with Gasteiger partial charge < -0.3 is 14.8 Å². The number of ether oxygens (including phenoxy) is 2. The van der Waals surface area contributed by atoms with Gasteiger partial charge in [0.1, 0.15) is 11.4 Å². The minimum absolute atomic E-state index is 0.0547. The van der Waals surface area contributed by atoms with Crippen LogP contribution in [0.25, 0.3) is 0 Å². The molecular formula is C18H27NO3. The van der Waals surface area contributed by atoms with Crippen LogP contribution in [0.2, 0.25) is 0 Å². The third kappa shape index (κ3) is 4.23. The molecule has 122 valence electrons. The van der Waals surface area contributed by atoms with Gasteiger partial charge in [0, 0.05) is 12.3 Å². The van der Waals surface area contributed by atoms with Gasteiger partial charge in [-0.05, 0) is 70.2 Å². The number of hydrogen-bond acceptors (Lipinski definition) is 3. The van der Waals surface area contributed by atoms with Crippen molar-refractivity contribution in [2.45, 2.75) is 58.7 Å². The van der Waals surface area contributed by atoms with Crippen molar-refractivity contribution in [2.24, 2.45) is 5.92 Å². The summed E-state index contributed by atoms with van der Waals surface area (Å²) < 4.78 is 11.5. The normalized spacial score (nSPS) is 17.1. The summed E-state index contributed by atoms with van der Waals surface area (Å²) in [5.41, 5.74) is 0.0522. The lowest BCUT2D eigenvalue weighted by Gasteiger charge is -2.28. The molecule has 1 amide bonds. The van der Waals surface area contributed by atoms with Crippen LogP contribution in [0.5, 0.6) is 5.75 Å². The third-order valence-corrected chi connectivity index (χ3v) is 3.90. The number of carbonyl (C=O) groups excluding carboxylic acids is 1. The molecule has 0 bridgehead atoms. The molecule has 0 spiro atoms. The smallest absolute Gasteiger partial charge is 0.256 e. The fraction of sp³-hybridized carbons (Fsp3) is 0.611. The standard InChI is InChI=1S/C18H27NO3/c1-5-12-21-18(4,14-6-7-14)17(20)19-15-8-10-16(11-9-15)22-13(2)3/h8-11,13-14H,5-7,12H2,1-4H3,(H,19,20)/t18-/m1/s1. The van der Waals surface area contributed by atoms with Crippen molar-refractivity contribution < 1.29 is 14.3 Å². The second-order valence-electron chi connectivity index (χ2n) is 6.37. The molecule has 1 aliphatic carbocycles. The number of benzene rings is 1. The molecule has 0 aliphatic heterocycles. The molecule has 22 heavy (non-hydrogen) atoms. The maximum Gasteiger partial charge on any atom is 0.256 e. The van der Waals surface area contributed by atoms with Crippen LogP contribution in [0.1, 0.15) is 47.0 Å². The van der Waals surface area contributed by atoms with Gasteiger partial charge in [-0.1, -0.05) is 6.92 Å². The van der Waals surface area contributed by atoms with Gasteiger partial charge in [0.2, 0.25) is 0 Å². The Labute approximate surface area is 133 Å². The molecule has 1 saturated carbocycles. The van der Waals surface area contributed by atoms with E-state index in [9.17, 15) is 4.79 Å². The van der Waals surface area contributed by atoms with Crippen molar-refractivity contribution >= 4 is 11.6 Å². The first-order chi connectivity index (χ1) is 10.5. The van der Waals surface area contributed by atoms with Crippen LogP contribution < -0.4 is 10.1 Å². The fourth-order valence-corrected chi connectivity index (χ4v) is 2.46. The van der Waals surface area contributed by atoms with E-state index >= 15 is 0 Å². The highest BCUT2D eigenvalue weighted by atomic mass is 16.5. The van der Waals surface area contributed by atoms with Crippen LogP contribution in [0, 0.1) is 5.92 Å². The molecule has 0 radical (unpaired) electrons. The number of anilines is 1. The van der Waals surface area contributed by atoms with Crippen molar-refractivity contribution in [1.29, 1.82) is 0 Å². The Bertz CT molecular complexity index is 494. The molecule has 2 rings (SSSR count). The lowest BCUT2D eigenvalue weighted by Crippen LogP contribution is -2.45. The van der Waals surface area contributed by atoms with Crippen molar-refractivity contribution in [3.8, 4) is 5.75 Å². The van der Waals surface area contributed by atoms with Gasteiger partial charge in [0.15, 0.2) is 0 Å². The Morgan fingerprint density at radius 1 is 1.32 bits per heavy atom. The number of rotatable bonds is 8. The number of hydrogen-bond donors (Lipinski definition) is 1. The van der Waals surface area contributed by atoms with Crippen molar-refractivity contribution in [1.82, 2.24) is 0 Å². The second kappa shape index (κ2) is 7.14. The van der Waals surface area contributed by atoms with Crippen molar-refractivity contribution in [3.05, 3.63) is 24.3 Å². The topological polar surface area (TPSA) is 47.6 Å². The molecule has 1 fully saturated rings. The molecule has 0 unspecified atom stereocenters. The number of amides is 1. The summed E-state index contributed by atoms with van der Waals surface area (Å²) in [6, 6.07) is 7.47. The van der Waals surface area contributed by atoms with Gasteiger partial charge in [0.25, 0.3) is 5.91 Å². The van der Waals surface area contributed by atoms with Gasteiger partial charge in [-0.15, -0.1) is 0 Å². The average Bonchev–Trinajstić information content (AvgIpc) is 3.31.